The van der Waals surface area contributed by atoms with Crippen LogP contribution in [0.2, 0.25) is 0 Å². The van der Waals surface area contributed by atoms with Crippen molar-refractivity contribution in [3.63, 3.8) is 0 Å². The number of benzene rings is 2. The molecule has 6 heteroatoms. The van der Waals surface area contributed by atoms with Gasteiger partial charge in [0.15, 0.2) is 0 Å². The van der Waals surface area contributed by atoms with Crippen molar-refractivity contribution in [1.82, 2.24) is 25.1 Å². The van der Waals surface area contributed by atoms with Gasteiger partial charge in [0.05, 0.1) is 29.0 Å². The summed E-state index contributed by atoms with van der Waals surface area (Å²) < 4.78 is 2.04. The Kier molecular flexibility index (Phi) is 4.54. The second-order valence-electron chi connectivity index (χ2n) is 7.86. The zero-order valence-corrected chi connectivity index (χ0v) is 17.1. The van der Waals surface area contributed by atoms with E-state index in [1.807, 2.05) is 16.9 Å². The molecule has 0 fully saturated rings. The molecular formula is C24H23N5O. The van der Waals surface area contributed by atoms with Gasteiger partial charge in [0.25, 0.3) is 5.91 Å². The van der Waals surface area contributed by atoms with Crippen molar-refractivity contribution in [3.05, 3.63) is 82.9 Å². The van der Waals surface area contributed by atoms with E-state index in [-0.39, 0.29) is 11.9 Å². The molecule has 0 radical (unpaired) electrons. The molecule has 2 aromatic carbocycles. The lowest BCUT2D eigenvalue weighted by Gasteiger charge is -2.24. The van der Waals surface area contributed by atoms with Gasteiger partial charge in [0.2, 0.25) is 0 Å². The predicted octanol–water partition coefficient (Wildman–Crippen LogP) is 4.24. The highest BCUT2D eigenvalue weighted by atomic mass is 16.1. The van der Waals surface area contributed by atoms with Crippen LogP contribution >= 0.6 is 0 Å². The van der Waals surface area contributed by atoms with Crippen molar-refractivity contribution < 1.29 is 4.79 Å². The summed E-state index contributed by atoms with van der Waals surface area (Å²) in [5, 5.41) is 7.89. The van der Waals surface area contributed by atoms with Gasteiger partial charge in [-0.3, -0.25) is 14.8 Å². The molecule has 0 saturated heterocycles. The van der Waals surface area contributed by atoms with Crippen molar-refractivity contribution in [2.45, 2.75) is 39.2 Å². The molecule has 5 rings (SSSR count). The number of amides is 1. The Morgan fingerprint density at radius 1 is 1.10 bits per heavy atom. The summed E-state index contributed by atoms with van der Waals surface area (Å²) in [6.07, 6.45) is 8.08. The molecule has 4 aromatic rings. The van der Waals surface area contributed by atoms with Gasteiger partial charge in [-0.25, -0.2) is 4.68 Å². The minimum absolute atomic E-state index is 0.0438. The normalized spacial score (nSPS) is 15.7. The number of carbonyl (C=O) groups is 1. The SMILES string of the molecule is Cc1cccc(-n2ncc3c2CCCC3NC(=O)c2ccc3nccnc3c2)c1C. The Morgan fingerprint density at radius 2 is 1.93 bits per heavy atom. The third-order valence-corrected chi connectivity index (χ3v) is 6.02. The molecule has 1 atom stereocenters. The maximum Gasteiger partial charge on any atom is 0.251 e. The van der Waals surface area contributed by atoms with Crippen molar-refractivity contribution in [2.24, 2.45) is 0 Å². The van der Waals surface area contributed by atoms with Gasteiger partial charge in [-0.05, 0) is 68.5 Å². The van der Waals surface area contributed by atoms with Crippen LogP contribution in [0.4, 0.5) is 0 Å². The largest absolute Gasteiger partial charge is 0.345 e. The van der Waals surface area contributed by atoms with Gasteiger partial charge >= 0.3 is 0 Å². The minimum Gasteiger partial charge on any atom is -0.345 e. The lowest BCUT2D eigenvalue weighted by atomic mass is 9.92. The predicted molar refractivity (Wildman–Crippen MR) is 116 cm³/mol. The summed E-state index contributed by atoms with van der Waals surface area (Å²) >= 11 is 0. The summed E-state index contributed by atoms with van der Waals surface area (Å²) in [6.45, 7) is 4.25. The van der Waals surface area contributed by atoms with Gasteiger partial charge in [-0.1, -0.05) is 12.1 Å². The molecule has 0 saturated carbocycles. The Morgan fingerprint density at radius 3 is 2.80 bits per heavy atom. The molecule has 1 amide bonds. The molecule has 0 bridgehead atoms. The number of aromatic nitrogens is 4. The summed E-state index contributed by atoms with van der Waals surface area (Å²) in [4.78, 5) is 21.5. The molecule has 2 heterocycles. The molecule has 2 aromatic heterocycles. The third-order valence-electron chi connectivity index (χ3n) is 6.02. The molecule has 6 nitrogen and oxygen atoms in total. The van der Waals surface area contributed by atoms with Gasteiger partial charge in [-0.2, -0.15) is 5.10 Å². The van der Waals surface area contributed by atoms with Crippen molar-refractivity contribution in [2.75, 3.05) is 0 Å². The van der Waals surface area contributed by atoms with Crippen LogP contribution in [0.15, 0.2) is 55.0 Å². The lowest BCUT2D eigenvalue weighted by Crippen LogP contribution is -2.31. The fourth-order valence-electron chi connectivity index (χ4n) is 4.23. The first kappa shape index (κ1) is 18.5. The highest BCUT2D eigenvalue weighted by Gasteiger charge is 2.27. The summed E-state index contributed by atoms with van der Waals surface area (Å²) in [6, 6.07) is 11.7. The quantitative estimate of drug-likeness (QED) is 0.561. The van der Waals surface area contributed by atoms with Gasteiger partial charge in [-0.15, -0.1) is 0 Å². The molecule has 1 unspecified atom stereocenters. The Balaban J connectivity index is 1.44. The van der Waals surface area contributed by atoms with Crippen molar-refractivity contribution in [1.29, 1.82) is 0 Å². The Hall–Kier alpha value is -3.54. The van der Waals surface area contributed by atoms with Crippen LogP contribution in [-0.2, 0) is 6.42 Å². The molecule has 1 aliphatic rings. The number of hydrogen-bond donors (Lipinski definition) is 1. The van der Waals surface area contributed by atoms with E-state index < -0.39 is 0 Å². The summed E-state index contributed by atoms with van der Waals surface area (Å²) in [5.74, 6) is -0.0973. The summed E-state index contributed by atoms with van der Waals surface area (Å²) in [5.41, 5.74) is 7.97. The third kappa shape index (κ3) is 3.14. The smallest absolute Gasteiger partial charge is 0.251 e. The van der Waals surface area contributed by atoms with Crippen LogP contribution < -0.4 is 5.32 Å². The van der Waals surface area contributed by atoms with Crippen molar-refractivity contribution in [3.8, 4) is 5.69 Å². The molecule has 0 spiro atoms. The van der Waals surface area contributed by atoms with Crippen LogP contribution in [-0.4, -0.2) is 25.7 Å². The van der Waals surface area contributed by atoms with Crippen LogP contribution in [0, 0.1) is 13.8 Å². The molecular weight excluding hydrogens is 374 g/mol. The van der Waals surface area contributed by atoms with E-state index in [1.54, 1.807) is 24.5 Å². The van der Waals surface area contributed by atoms with Crippen LogP contribution in [0.3, 0.4) is 0 Å². The second-order valence-corrected chi connectivity index (χ2v) is 7.86. The van der Waals surface area contributed by atoms with E-state index in [1.165, 1.54) is 16.8 Å². The lowest BCUT2D eigenvalue weighted by molar-refractivity contribution is 0.0933. The first-order chi connectivity index (χ1) is 14.6. The number of aryl methyl sites for hydroxylation is 1. The monoisotopic (exact) mass is 397 g/mol. The molecule has 1 N–H and O–H groups in total. The average molecular weight is 397 g/mol. The van der Waals surface area contributed by atoms with Crippen molar-refractivity contribution >= 4 is 16.9 Å². The molecule has 0 aliphatic heterocycles. The molecule has 1 aliphatic carbocycles. The van der Waals surface area contributed by atoms with E-state index in [4.69, 9.17) is 0 Å². The van der Waals surface area contributed by atoms with Gasteiger partial charge < -0.3 is 5.32 Å². The average Bonchev–Trinajstić information content (AvgIpc) is 3.20. The van der Waals surface area contributed by atoms with Crippen LogP contribution in [0.25, 0.3) is 16.7 Å². The number of rotatable bonds is 3. The van der Waals surface area contributed by atoms with Gasteiger partial charge in [0, 0.05) is 29.2 Å². The maximum atomic E-state index is 13.0. The highest BCUT2D eigenvalue weighted by Crippen LogP contribution is 2.32. The number of hydrogen-bond acceptors (Lipinski definition) is 4. The fourth-order valence-corrected chi connectivity index (χ4v) is 4.23. The number of carbonyl (C=O) groups excluding carboxylic acids is 1. The van der Waals surface area contributed by atoms with Gasteiger partial charge in [0.1, 0.15) is 0 Å². The van der Waals surface area contributed by atoms with E-state index in [0.29, 0.717) is 5.56 Å². The highest BCUT2D eigenvalue weighted by molar-refractivity contribution is 5.97. The van der Waals surface area contributed by atoms with E-state index >= 15 is 0 Å². The minimum atomic E-state index is -0.0973. The zero-order valence-electron chi connectivity index (χ0n) is 17.1. The number of nitrogens with one attached hydrogen (secondary N) is 1. The fraction of sp³-hybridized carbons (Fsp3) is 0.250. The number of nitrogens with zero attached hydrogens (tertiary/aromatic N) is 4. The van der Waals surface area contributed by atoms with Crippen LogP contribution in [0.1, 0.15) is 51.6 Å². The zero-order chi connectivity index (χ0) is 20.7. The summed E-state index contributed by atoms with van der Waals surface area (Å²) in [7, 11) is 0. The van der Waals surface area contributed by atoms with E-state index in [0.717, 1.165) is 41.5 Å². The standard InChI is InChI=1S/C24H23N5O/c1-15-5-3-7-22(16(15)2)29-23-8-4-6-19(18(23)14-27-29)28-24(30)17-9-10-20-21(13-17)26-12-11-25-20/h3,5,7,9-14,19H,4,6,8H2,1-2H3,(H,28,30). The molecule has 30 heavy (non-hydrogen) atoms. The maximum absolute atomic E-state index is 13.0. The van der Waals surface area contributed by atoms with E-state index in [2.05, 4.69) is 52.4 Å². The van der Waals surface area contributed by atoms with E-state index in [9.17, 15) is 4.79 Å². The first-order valence-corrected chi connectivity index (χ1v) is 10.3. The van der Waals surface area contributed by atoms with Crippen LogP contribution in [0.5, 0.6) is 0 Å². The first-order valence-electron chi connectivity index (χ1n) is 10.3. The second kappa shape index (κ2) is 7.37. The Labute approximate surface area is 175 Å². The Bertz CT molecular complexity index is 1260. The topological polar surface area (TPSA) is 72.7 Å². The number of fused-ring (bicyclic) bond motifs is 2. The molecule has 150 valence electrons.